The van der Waals surface area contributed by atoms with Crippen LogP contribution in [0.4, 0.5) is 5.82 Å². The molecule has 2 aromatic heterocycles. The fourth-order valence-electron chi connectivity index (χ4n) is 1.71. The standard InChI is InChI=1S/C11H9N5O3S2/c1-16-6-5-9(12-11(16)17)15-21(18,19)8-4-2-3-7-10(8)14-20-13-7/h2-6H,1H3,(H,12,15,17). The Balaban J connectivity index is 2.06. The zero-order valence-electron chi connectivity index (χ0n) is 10.7. The predicted octanol–water partition coefficient (Wildman–Crippen LogP) is 0.586. The van der Waals surface area contributed by atoms with Crippen molar-refractivity contribution in [3.05, 3.63) is 40.9 Å². The van der Waals surface area contributed by atoms with Crippen molar-refractivity contribution in [1.29, 1.82) is 0 Å². The molecule has 0 amide bonds. The van der Waals surface area contributed by atoms with E-state index < -0.39 is 15.7 Å². The lowest BCUT2D eigenvalue weighted by molar-refractivity contribution is 0.601. The number of fused-ring (bicyclic) bond motifs is 1. The second kappa shape index (κ2) is 4.90. The summed E-state index contributed by atoms with van der Waals surface area (Å²) in [6.07, 6.45) is 1.43. The first-order valence-corrected chi connectivity index (χ1v) is 7.96. The molecule has 0 saturated carbocycles. The average molecular weight is 323 g/mol. The number of benzene rings is 1. The van der Waals surface area contributed by atoms with Crippen molar-refractivity contribution >= 4 is 38.6 Å². The van der Waals surface area contributed by atoms with E-state index in [0.29, 0.717) is 11.0 Å². The van der Waals surface area contributed by atoms with Crippen molar-refractivity contribution in [3.8, 4) is 0 Å². The molecule has 0 bridgehead atoms. The summed E-state index contributed by atoms with van der Waals surface area (Å²) in [6, 6.07) is 6.08. The van der Waals surface area contributed by atoms with E-state index in [9.17, 15) is 13.2 Å². The Hall–Kier alpha value is -2.33. The summed E-state index contributed by atoms with van der Waals surface area (Å²) < 4.78 is 36.3. The number of aromatic nitrogens is 4. The quantitative estimate of drug-likeness (QED) is 0.756. The van der Waals surface area contributed by atoms with Crippen LogP contribution in [0.5, 0.6) is 0 Å². The zero-order valence-corrected chi connectivity index (χ0v) is 12.3. The van der Waals surface area contributed by atoms with Crippen LogP contribution in [-0.2, 0) is 17.1 Å². The van der Waals surface area contributed by atoms with E-state index in [0.717, 1.165) is 11.7 Å². The van der Waals surface area contributed by atoms with Crippen LogP contribution < -0.4 is 10.4 Å². The first kappa shape index (κ1) is 13.6. The summed E-state index contributed by atoms with van der Waals surface area (Å²) in [7, 11) is -2.37. The molecule has 0 aliphatic heterocycles. The van der Waals surface area contributed by atoms with Gasteiger partial charge in [-0.1, -0.05) is 6.07 Å². The number of sulfonamides is 1. The molecule has 0 aliphatic rings. The van der Waals surface area contributed by atoms with Gasteiger partial charge in [-0.3, -0.25) is 4.72 Å². The number of aryl methyl sites for hydroxylation is 1. The number of nitrogens with one attached hydrogen (secondary N) is 1. The lowest BCUT2D eigenvalue weighted by Crippen LogP contribution is -2.22. The highest BCUT2D eigenvalue weighted by atomic mass is 32.2. The highest BCUT2D eigenvalue weighted by Crippen LogP contribution is 2.22. The van der Waals surface area contributed by atoms with Gasteiger partial charge < -0.3 is 4.57 Å². The normalized spacial score (nSPS) is 11.7. The second-order valence-electron chi connectivity index (χ2n) is 4.20. The highest BCUT2D eigenvalue weighted by Gasteiger charge is 2.20. The van der Waals surface area contributed by atoms with E-state index in [2.05, 4.69) is 18.5 Å². The Morgan fingerprint density at radius 1 is 1.24 bits per heavy atom. The summed E-state index contributed by atoms with van der Waals surface area (Å²) in [4.78, 5) is 15.1. The summed E-state index contributed by atoms with van der Waals surface area (Å²) >= 11 is 0.933. The molecule has 0 fully saturated rings. The lowest BCUT2D eigenvalue weighted by atomic mass is 10.3. The first-order valence-electron chi connectivity index (χ1n) is 5.75. The van der Waals surface area contributed by atoms with E-state index in [4.69, 9.17) is 0 Å². The molecule has 108 valence electrons. The Bertz CT molecular complexity index is 977. The summed E-state index contributed by atoms with van der Waals surface area (Å²) in [6.45, 7) is 0. The predicted molar refractivity (Wildman–Crippen MR) is 77.7 cm³/mol. The maximum Gasteiger partial charge on any atom is 0.349 e. The van der Waals surface area contributed by atoms with Gasteiger partial charge in [0.25, 0.3) is 10.0 Å². The van der Waals surface area contributed by atoms with Gasteiger partial charge in [0.2, 0.25) is 0 Å². The highest BCUT2D eigenvalue weighted by molar-refractivity contribution is 7.93. The van der Waals surface area contributed by atoms with Crippen LogP contribution in [-0.4, -0.2) is 26.7 Å². The van der Waals surface area contributed by atoms with Crippen LogP contribution in [0.15, 0.2) is 40.2 Å². The fourth-order valence-corrected chi connectivity index (χ4v) is 3.48. The Labute approximate surface area is 123 Å². The third-order valence-corrected chi connectivity index (χ3v) is 4.68. The van der Waals surface area contributed by atoms with Gasteiger partial charge in [0.05, 0.1) is 11.7 Å². The van der Waals surface area contributed by atoms with Crippen LogP contribution >= 0.6 is 11.7 Å². The third kappa shape index (κ3) is 2.50. The van der Waals surface area contributed by atoms with Crippen LogP contribution in [0.2, 0.25) is 0 Å². The molecule has 0 spiro atoms. The second-order valence-corrected chi connectivity index (χ2v) is 6.38. The molecule has 1 N–H and O–H groups in total. The molecule has 0 aliphatic carbocycles. The molecule has 0 radical (unpaired) electrons. The van der Waals surface area contributed by atoms with E-state index >= 15 is 0 Å². The number of hydrogen-bond donors (Lipinski definition) is 1. The number of rotatable bonds is 3. The molecule has 3 aromatic rings. The van der Waals surface area contributed by atoms with Gasteiger partial charge in [-0.2, -0.15) is 13.7 Å². The Morgan fingerprint density at radius 2 is 2.05 bits per heavy atom. The lowest BCUT2D eigenvalue weighted by Gasteiger charge is -2.07. The van der Waals surface area contributed by atoms with Gasteiger partial charge in [-0.15, -0.1) is 0 Å². The van der Waals surface area contributed by atoms with Crippen molar-refractivity contribution in [1.82, 2.24) is 18.3 Å². The van der Waals surface area contributed by atoms with Crippen molar-refractivity contribution in [2.45, 2.75) is 4.90 Å². The van der Waals surface area contributed by atoms with E-state index in [1.807, 2.05) is 0 Å². The molecule has 8 nitrogen and oxygen atoms in total. The van der Waals surface area contributed by atoms with Gasteiger partial charge in [0, 0.05) is 13.2 Å². The van der Waals surface area contributed by atoms with Gasteiger partial charge >= 0.3 is 5.69 Å². The van der Waals surface area contributed by atoms with Crippen LogP contribution in [0.3, 0.4) is 0 Å². The van der Waals surface area contributed by atoms with E-state index in [1.54, 1.807) is 12.1 Å². The molecule has 21 heavy (non-hydrogen) atoms. The smallest absolute Gasteiger partial charge is 0.302 e. The maximum atomic E-state index is 12.4. The van der Waals surface area contributed by atoms with Crippen LogP contribution in [0.25, 0.3) is 11.0 Å². The minimum absolute atomic E-state index is 0.00349. The molecular weight excluding hydrogens is 314 g/mol. The molecule has 10 heteroatoms. The SMILES string of the molecule is Cn1ccc(NS(=O)(=O)c2cccc3nsnc23)nc1=O. The van der Waals surface area contributed by atoms with Crippen molar-refractivity contribution < 1.29 is 8.42 Å². The van der Waals surface area contributed by atoms with Gasteiger partial charge in [-0.05, 0) is 18.2 Å². The first-order chi connectivity index (χ1) is 9.97. The summed E-state index contributed by atoms with van der Waals surface area (Å²) in [5.74, 6) is -0.0432. The molecule has 0 atom stereocenters. The summed E-state index contributed by atoms with van der Waals surface area (Å²) in [5.41, 5.74) is 0.238. The maximum absolute atomic E-state index is 12.4. The monoisotopic (exact) mass is 323 g/mol. The zero-order chi connectivity index (χ0) is 15.0. The molecule has 0 unspecified atom stereocenters. The van der Waals surface area contributed by atoms with E-state index in [1.165, 1.54) is 29.9 Å². The molecule has 2 heterocycles. The summed E-state index contributed by atoms with van der Waals surface area (Å²) in [5, 5.41) is 0. The van der Waals surface area contributed by atoms with Crippen molar-refractivity contribution in [2.24, 2.45) is 7.05 Å². The largest absolute Gasteiger partial charge is 0.349 e. The van der Waals surface area contributed by atoms with Gasteiger partial charge in [0.15, 0.2) is 0 Å². The molecule has 1 aromatic carbocycles. The molecular formula is C11H9N5O3S2. The van der Waals surface area contributed by atoms with Gasteiger partial charge in [-0.25, -0.2) is 13.2 Å². The Kier molecular flexibility index (Phi) is 3.18. The van der Waals surface area contributed by atoms with Gasteiger partial charge in [0.1, 0.15) is 21.7 Å². The topological polar surface area (TPSA) is 107 Å². The molecule has 0 saturated heterocycles. The minimum atomic E-state index is -3.90. The number of hydrogen-bond acceptors (Lipinski definition) is 7. The van der Waals surface area contributed by atoms with Crippen LogP contribution in [0, 0.1) is 0 Å². The minimum Gasteiger partial charge on any atom is -0.302 e. The van der Waals surface area contributed by atoms with Crippen molar-refractivity contribution in [2.75, 3.05) is 4.72 Å². The van der Waals surface area contributed by atoms with E-state index in [-0.39, 0.29) is 10.7 Å². The van der Waals surface area contributed by atoms with Crippen molar-refractivity contribution in [3.63, 3.8) is 0 Å². The van der Waals surface area contributed by atoms with Crippen LogP contribution in [0.1, 0.15) is 0 Å². The average Bonchev–Trinajstić information content (AvgIpc) is 2.90. The number of anilines is 1. The molecule has 3 rings (SSSR count). The number of nitrogens with zero attached hydrogens (tertiary/aromatic N) is 4. The third-order valence-electron chi connectivity index (χ3n) is 2.75. The fraction of sp³-hybridized carbons (Fsp3) is 0.0909. The Morgan fingerprint density at radius 3 is 2.81 bits per heavy atom.